The Morgan fingerprint density at radius 1 is 0.893 bits per heavy atom. The van der Waals surface area contributed by atoms with Gasteiger partial charge in [-0.3, -0.25) is 0 Å². The fraction of sp³-hybridized carbons (Fsp3) is 0.217. The van der Waals surface area contributed by atoms with E-state index < -0.39 is 0 Å². The van der Waals surface area contributed by atoms with Crippen LogP contribution in [-0.4, -0.2) is 27.2 Å². The summed E-state index contributed by atoms with van der Waals surface area (Å²) in [6, 6.07) is 19.3. The van der Waals surface area contributed by atoms with E-state index in [1.165, 1.54) is 4.80 Å². The highest BCUT2D eigenvalue weighted by Gasteiger charge is 2.21. The highest BCUT2D eigenvalue weighted by Crippen LogP contribution is 2.39. The largest absolute Gasteiger partial charge is 0.505 e. The molecule has 0 unspecified atom stereocenters. The van der Waals surface area contributed by atoms with Crippen molar-refractivity contribution in [1.82, 2.24) is 15.0 Å². The van der Waals surface area contributed by atoms with Crippen LogP contribution in [0.5, 0.6) is 11.5 Å². The number of aromatic nitrogens is 3. The van der Waals surface area contributed by atoms with Crippen molar-refractivity contribution < 1.29 is 9.84 Å². The van der Waals surface area contributed by atoms with E-state index in [1.54, 1.807) is 7.11 Å². The summed E-state index contributed by atoms with van der Waals surface area (Å²) < 4.78 is 5.36. The molecule has 0 amide bonds. The molecule has 1 heterocycles. The summed E-state index contributed by atoms with van der Waals surface area (Å²) in [6.45, 7) is 6.43. The lowest BCUT2D eigenvalue weighted by Gasteiger charge is -2.22. The van der Waals surface area contributed by atoms with Crippen molar-refractivity contribution in [1.29, 1.82) is 0 Å². The Hall–Kier alpha value is -3.34. The third-order valence-electron chi connectivity index (χ3n) is 4.84. The summed E-state index contributed by atoms with van der Waals surface area (Å²) in [5, 5.41) is 20.2. The fourth-order valence-electron chi connectivity index (χ4n) is 3.18. The van der Waals surface area contributed by atoms with Gasteiger partial charge in [-0.2, -0.15) is 0 Å². The normalized spacial score (nSPS) is 11.7. The number of hydrogen-bond acceptors (Lipinski definition) is 4. The third kappa shape index (κ3) is 3.20. The van der Waals surface area contributed by atoms with Crippen molar-refractivity contribution >= 4 is 11.0 Å². The SMILES string of the molecule is COc1cccc(-c2cc(C(C)(C)C)cc(-n3nc4ccccc4n3)c2O)c1. The first-order chi connectivity index (χ1) is 13.4. The molecule has 0 spiro atoms. The molecule has 0 aliphatic heterocycles. The van der Waals surface area contributed by atoms with Crippen LogP contribution in [0.15, 0.2) is 60.7 Å². The van der Waals surface area contributed by atoms with E-state index in [-0.39, 0.29) is 11.2 Å². The lowest BCUT2D eigenvalue weighted by atomic mass is 9.84. The molecule has 0 saturated heterocycles. The van der Waals surface area contributed by atoms with Gasteiger partial charge in [0.05, 0.1) is 7.11 Å². The number of hydrogen-bond donors (Lipinski definition) is 1. The smallest absolute Gasteiger partial charge is 0.150 e. The molecule has 0 bridgehead atoms. The highest BCUT2D eigenvalue weighted by atomic mass is 16.5. The van der Waals surface area contributed by atoms with Crippen LogP contribution in [0.3, 0.4) is 0 Å². The van der Waals surface area contributed by atoms with Crippen molar-refractivity contribution in [3.8, 4) is 28.3 Å². The molecular weight excluding hydrogens is 350 g/mol. The summed E-state index contributed by atoms with van der Waals surface area (Å²) in [5.41, 5.74) is 4.70. The third-order valence-corrected chi connectivity index (χ3v) is 4.84. The van der Waals surface area contributed by atoms with E-state index in [0.717, 1.165) is 33.5 Å². The summed E-state index contributed by atoms with van der Waals surface area (Å²) in [4.78, 5) is 1.51. The number of aromatic hydroxyl groups is 1. The zero-order chi connectivity index (χ0) is 19.9. The van der Waals surface area contributed by atoms with E-state index in [9.17, 15) is 5.11 Å². The molecule has 0 aliphatic carbocycles. The molecule has 1 aromatic heterocycles. The van der Waals surface area contributed by atoms with Gasteiger partial charge in [-0.1, -0.05) is 45.0 Å². The Bertz CT molecular complexity index is 1120. The van der Waals surface area contributed by atoms with Crippen LogP contribution in [0.1, 0.15) is 26.3 Å². The van der Waals surface area contributed by atoms with Crippen molar-refractivity contribution in [2.75, 3.05) is 7.11 Å². The summed E-state index contributed by atoms with van der Waals surface area (Å²) in [5.74, 6) is 0.879. The van der Waals surface area contributed by atoms with Gasteiger partial charge in [0.2, 0.25) is 0 Å². The molecule has 4 rings (SSSR count). The molecule has 0 fully saturated rings. The van der Waals surface area contributed by atoms with Crippen LogP contribution < -0.4 is 4.74 Å². The van der Waals surface area contributed by atoms with Gasteiger partial charge >= 0.3 is 0 Å². The minimum absolute atomic E-state index is 0.108. The molecule has 1 N–H and O–H groups in total. The number of benzene rings is 3. The van der Waals surface area contributed by atoms with E-state index in [4.69, 9.17) is 4.74 Å². The van der Waals surface area contributed by atoms with Gasteiger partial charge in [-0.05, 0) is 52.9 Å². The lowest BCUT2D eigenvalue weighted by molar-refractivity contribution is 0.415. The van der Waals surface area contributed by atoms with Gasteiger partial charge < -0.3 is 9.84 Å². The Kier molecular flexibility index (Phi) is 4.30. The Labute approximate surface area is 164 Å². The van der Waals surface area contributed by atoms with E-state index >= 15 is 0 Å². The van der Waals surface area contributed by atoms with Gasteiger partial charge in [0.25, 0.3) is 0 Å². The number of methoxy groups -OCH3 is 1. The van der Waals surface area contributed by atoms with E-state index in [2.05, 4.69) is 31.0 Å². The molecule has 0 aliphatic rings. The maximum absolute atomic E-state index is 11.1. The quantitative estimate of drug-likeness (QED) is 0.543. The zero-order valence-corrected chi connectivity index (χ0v) is 16.5. The van der Waals surface area contributed by atoms with Gasteiger partial charge in [0.15, 0.2) is 5.75 Å². The second-order valence-electron chi connectivity index (χ2n) is 7.85. The van der Waals surface area contributed by atoms with Crippen LogP contribution in [-0.2, 0) is 5.41 Å². The summed E-state index contributed by atoms with van der Waals surface area (Å²) >= 11 is 0. The number of rotatable bonds is 3. The molecule has 142 valence electrons. The minimum atomic E-state index is -0.108. The van der Waals surface area contributed by atoms with E-state index in [0.29, 0.717) is 5.69 Å². The van der Waals surface area contributed by atoms with Crippen LogP contribution in [0, 0.1) is 0 Å². The monoisotopic (exact) mass is 373 g/mol. The fourth-order valence-corrected chi connectivity index (χ4v) is 3.18. The molecule has 3 aromatic carbocycles. The predicted molar refractivity (Wildman–Crippen MR) is 111 cm³/mol. The van der Waals surface area contributed by atoms with Crippen LogP contribution >= 0.6 is 0 Å². The second-order valence-corrected chi connectivity index (χ2v) is 7.85. The molecular formula is C23H23N3O2. The van der Waals surface area contributed by atoms with Gasteiger partial charge in [0, 0.05) is 5.56 Å². The van der Waals surface area contributed by atoms with Gasteiger partial charge in [0.1, 0.15) is 22.5 Å². The van der Waals surface area contributed by atoms with Crippen molar-refractivity contribution in [3.63, 3.8) is 0 Å². The highest BCUT2D eigenvalue weighted by molar-refractivity contribution is 5.78. The number of phenolic OH excluding ortho intramolecular Hbond substituents is 1. The maximum Gasteiger partial charge on any atom is 0.150 e. The Morgan fingerprint density at radius 3 is 2.18 bits per heavy atom. The Balaban J connectivity index is 1.97. The first-order valence-corrected chi connectivity index (χ1v) is 9.21. The van der Waals surface area contributed by atoms with Crippen LogP contribution in [0.2, 0.25) is 0 Å². The minimum Gasteiger partial charge on any atom is -0.505 e. The summed E-state index contributed by atoms with van der Waals surface area (Å²) in [6.07, 6.45) is 0. The first kappa shape index (κ1) is 18.0. The predicted octanol–water partition coefficient (Wildman–Crippen LogP) is 5.10. The molecule has 0 saturated carbocycles. The maximum atomic E-state index is 11.1. The molecule has 5 heteroatoms. The number of fused-ring (bicyclic) bond motifs is 1. The number of ether oxygens (including phenoxy) is 1. The zero-order valence-electron chi connectivity index (χ0n) is 16.5. The standard InChI is InChI=1S/C23H23N3O2/c1-23(2,3)16-13-18(15-8-7-9-17(12-15)28-4)22(27)21(14-16)26-24-19-10-5-6-11-20(19)25-26/h5-14,27H,1-4H3. The topological polar surface area (TPSA) is 60.2 Å². The average Bonchev–Trinajstić information content (AvgIpc) is 3.11. The summed E-state index contributed by atoms with van der Waals surface area (Å²) in [7, 11) is 1.63. The molecule has 28 heavy (non-hydrogen) atoms. The molecule has 0 radical (unpaired) electrons. The van der Waals surface area contributed by atoms with Gasteiger partial charge in [-0.25, -0.2) is 0 Å². The van der Waals surface area contributed by atoms with E-state index in [1.807, 2.05) is 60.7 Å². The second kappa shape index (κ2) is 6.68. The number of phenols is 1. The Morgan fingerprint density at radius 2 is 1.57 bits per heavy atom. The van der Waals surface area contributed by atoms with Crippen LogP contribution in [0.25, 0.3) is 27.8 Å². The first-order valence-electron chi connectivity index (χ1n) is 9.21. The molecule has 5 nitrogen and oxygen atoms in total. The van der Waals surface area contributed by atoms with Crippen molar-refractivity contribution in [2.45, 2.75) is 26.2 Å². The average molecular weight is 373 g/mol. The molecule has 0 atom stereocenters. The number of nitrogens with zero attached hydrogens (tertiary/aromatic N) is 3. The lowest BCUT2D eigenvalue weighted by Crippen LogP contribution is -2.13. The van der Waals surface area contributed by atoms with Crippen molar-refractivity contribution in [2.24, 2.45) is 0 Å². The van der Waals surface area contributed by atoms with Crippen LogP contribution in [0.4, 0.5) is 0 Å². The molecule has 4 aromatic rings. The van der Waals surface area contributed by atoms with Gasteiger partial charge in [-0.15, -0.1) is 15.0 Å². The van der Waals surface area contributed by atoms with Crippen molar-refractivity contribution in [3.05, 3.63) is 66.2 Å².